The van der Waals surface area contributed by atoms with E-state index in [1.165, 1.54) is 0 Å². The zero-order valence-corrected chi connectivity index (χ0v) is 12.7. The van der Waals surface area contributed by atoms with Gasteiger partial charge in [0, 0.05) is 19.1 Å². The van der Waals surface area contributed by atoms with Gasteiger partial charge in [-0.2, -0.15) is 5.26 Å². The average molecular weight is 308 g/mol. The number of para-hydroxylation sites is 1. The molecule has 21 heavy (non-hydrogen) atoms. The first-order valence-electron chi connectivity index (χ1n) is 7.02. The lowest BCUT2D eigenvalue weighted by molar-refractivity contribution is 0.146. The summed E-state index contributed by atoms with van der Waals surface area (Å²) in [6, 6.07) is 7.47. The SMILES string of the molecule is CCOC(=O)NC1CCCN(c2c(Cl)cccc2C#N)C1. The number of anilines is 1. The molecule has 0 spiro atoms. The molecule has 0 bridgehead atoms. The van der Waals surface area contributed by atoms with Gasteiger partial charge in [0.2, 0.25) is 0 Å². The van der Waals surface area contributed by atoms with Gasteiger partial charge < -0.3 is 15.0 Å². The summed E-state index contributed by atoms with van der Waals surface area (Å²) in [6.45, 7) is 3.57. The summed E-state index contributed by atoms with van der Waals surface area (Å²) in [7, 11) is 0. The van der Waals surface area contributed by atoms with Gasteiger partial charge in [-0.15, -0.1) is 0 Å². The summed E-state index contributed by atoms with van der Waals surface area (Å²) in [6.07, 6.45) is 1.42. The lowest BCUT2D eigenvalue weighted by atomic mass is 10.0. The van der Waals surface area contributed by atoms with Crippen molar-refractivity contribution in [2.75, 3.05) is 24.6 Å². The number of halogens is 1. The molecule has 1 aliphatic heterocycles. The van der Waals surface area contributed by atoms with Crippen molar-refractivity contribution < 1.29 is 9.53 Å². The number of ether oxygens (including phenoxy) is 1. The van der Waals surface area contributed by atoms with Crippen LogP contribution in [0.4, 0.5) is 10.5 Å². The third kappa shape index (κ3) is 3.79. The Hall–Kier alpha value is -1.93. The van der Waals surface area contributed by atoms with Crippen LogP contribution in [0.25, 0.3) is 0 Å². The first kappa shape index (κ1) is 15.5. The Morgan fingerprint density at radius 1 is 1.62 bits per heavy atom. The molecule has 1 N–H and O–H groups in total. The van der Waals surface area contributed by atoms with Gasteiger partial charge in [0.1, 0.15) is 6.07 Å². The number of alkyl carbamates (subject to hydrolysis) is 1. The molecule has 1 saturated heterocycles. The van der Waals surface area contributed by atoms with E-state index in [2.05, 4.69) is 16.3 Å². The van der Waals surface area contributed by atoms with Crippen molar-refractivity contribution in [3.63, 3.8) is 0 Å². The Balaban J connectivity index is 2.11. The van der Waals surface area contributed by atoms with Gasteiger partial charge in [0.25, 0.3) is 0 Å². The van der Waals surface area contributed by atoms with E-state index in [0.717, 1.165) is 25.1 Å². The third-order valence-electron chi connectivity index (χ3n) is 3.44. The normalized spacial score (nSPS) is 18.0. The van der Waals surface area contributed by atoms with Gasteiger partial charge in [-0.05, 0) is 31.9 Å². The molecule has 0 radical (unpaired) electrons. The maximum atomic E-state index is 11.5. The van der Waals surface area contributed by atoms with Crippen molar-refractivity contribution in [1.29, 1.82) is 5.26 Å². The van der Waals surface area contributed by atoms with Gasteiger partial charge in [-0.1, -0.05) is 17.7 Å². The molecule has 5 nitrogen and oxygen atoms in total. The highest BCUT2D eigenvalue weighted by Gasteiger charge is 2.24. The van der Waals surface area contributed by atoms with Crippen molar-refractivity contribution in [3.05, 3.63) is 28.8 Å². The van der Waals surface area contributed by atoms with Crippen molar-refractivity contribution in [2.45, 2.75) is 25.8 Å². The summed E-state index contributed by atoms with van der Waals surface area (Å²) in [5.74, 6) is 0. The molecular weight excluding hydrogens is 290 g/mol. The highest BCUT2D eigenvalue weighted by molar-refractivity contribution is 6.33. The van der Waals surface area contributed by atoms with Crippen LogP contribution >= 0.6 is 11.6 Å². The average Bonchev–Trinajstić information content (AvgIpc) is 2.47. The predicted octanol–water partition coefficient (Wildman–Crippen LogP) is 2.93. The fourth-order valence-corrected chi connectivity index (χ4v) is 2.86. The number of carbonyl (C=O) groups excluding carboxylic acids is 1. The molecule has 1 amide bonds. The van der Waals surface area contributed by atoms with Crippen molar-refractivity contribution in [2.24, 2.45) is 0 Å². The molecule has 1 aromatic carbocycles. The van der Waals surface area contributed by atoms with Crippen molar-refractivity contribution >= 4 is 23.4 Å². The number of nitriles is 1. The quantitative estimate of drug-likeness (QED) is 0.932. The van der Waals surface area contributed by atoms with E-state index >= 15 is 0 Å². The summed E-state index contributed by atoms with van der Waals surface area (Å²) >= 11 is 6.24. The van der Waals surface area contributed by atoms with Gasteiger partial charge in [0.15, 0.2) is 0 Å². The Labute approximate surface area is 129 Å². The zero-order valence-electron chi connectivity index (χ0n) is 11.9. The number of nitrogens with one attached hydrogen (secondary N) is 1. The Bertz CT molecular complexity index is 556. The van der Waals surface area contributed by atoms with Gasteiger partial charge in [-0.25, -0.2) is 4.79 Å². The van der Waals surface area contributed by atoms with E-state index in [9.17, 15) is 10.1 Å². The van der Waals surface area contributed by atoms with E-state index in [-0.39, 0.29) is 6.04 Å². The van der Waals surface area contributed by atoms with Crippen molar-refractivity contribution in [1.82, 2.24) is 5.32 Å². The highest BCUT2D eigenvalue weighted by atomic mass is 35.5. The minimum absolute atomic E-state index is 0.000570. The first-order valence-corrected chi connectivity index (χ1v) is 7.40. The van der Waals surface area contributed by atoms with Crippen LogP contribution in [-0.4, -0.2) is 31.8 Å². The zero-order chi connectivity index (χ0) is 15.2. The Kier molecular flexibility index (Phi) is 5.29. The van der Waals surface area contributed by atoms with E-state index < -0.39 is 6.09 Å². The van der Waals surface area contributed by atoms with Crippen LogP contribution < -0.4 is 10.2 Å². The molecule has 1 heterocycles. The molecule has 1 fully saturated rings. The largest absolute Gasteiger partial charge is 0.450 e. The fourth-order valence-electron chi connectivity index (χ4n) is 2.56. The van der Waals surface area contributed by atoms with E-state index in [1.807, 2.05) is 0 Å². The predicted molar refractivity (Wildman–Crippen MR) is 81.6 cm³/mol. The minimum atomic E-state index is -0.399. The number of hydrogen-bond acceptors (Lipinski definition) is 4. The Morgan fingerprint density at radius 2 is 2.43 bits per heavy atom. The van der Waals surface area contributed by atoms with E-state index in [4.69, 9.17) is 16.3 Å². The van der Waals surface area contributed by atoms with Gasteiger partial charge >= 0.3 is 6.09 Å². The molecule has 0 aliphatic carbocycles. The highest BCUT2D eigenvalue weighted by Crippen LogP contribution is 2.31. The maximum absolute atomic E-state index is 11.5. The second-order valence-corrected chi connectivity index (χ2v) is 5.30. The lowest BCUT2D eigenvalue weighted by Gasteiger charge is -2.35. The van der Waals surface area contributed by atoms with Crippen molar-refractivity contribution in [3.8, 4) is 6.07 Å². The molecule has 2 rings (SSSR count). The number of piperidine rings is 1. The van der Waals surface area contributed by atoms with Crippen LogP contribution in [0.2, 0.25) is 5.02 Å². The number of carbonyl (C=O) groups is 1. The molecule has 1 unspecified atom stereocenters. The standard InChI is InChI=1S/C15H18ClN3O2/c1-2-21-15(20)18-12-6-4-8-19(10-12)14-11(9-17)5-3-7-13(14)16/h3,5,7,12H,2,4,6,8,10H2,1H3,(H,18,20). The van der Waals surface area contributed by atoms with Gasteiger partial charge in [0.05, 0.1) is 22.9 Å². The lowest BCUT2D eigenvalue weighted by Crippen LogP contribution is -2.48. The molecule has 0 saturated carbocycles. The molecule has 1 atom stereocenters. The number of amides is 1. The second kappa shape index (κ2) is 7.19. The maximum Gasteiger partial charge on any atom is 0.407 e. The molecule has 6 heteroatoms. The fraction of sp³-hybridized carbons (Fsp3) is 0.467. The van der Waals surface area contributed by atoms with E-state index in [0.29, 0.717) is 23.7 Å². The summed E-state index contributed by atoms with van der Waals surface area (Å²) in [4.78, 5) is 13.6. The molecular formula is C15H18ClN3O2. The first-order chi connectivity index (χ1) is 10.2. The number of hydrogen-bond donors (Lipinski definition) is 1. The topological polar surface area (TPSA) is 65.4 Å². The number of rotatable bonds is 3. The van der Waals surface area contributed by atoms with Crippen LogP contribution in [0.3, 0.4) is 0 Å². The molecule has 1 aromatic rings. The van der Waals surface area contributed by atoms with Gasteiger partial charge in [-0.3, -0.25) is 0 Å². The van der Waals surface area contributed by atoms with Crippen LogP contribution in [0.5, 0.6) is 0 Å². The summed E-state index contributed by atoms with van der Waals surface area (Å²) in [5, 5.41) is 12.6. The molecule has 1 aliphatic rings. The smallest absolute Gasteiger partial charge is 0.407 e. The molecule has 0 aromatic heterocycles. The summed E-state index contributed by atoms with van der Waals surface area (Å²) < 4.78 is 4.91. The van der Waals surface area contributed by atoms with Crippen LogP contribution in [0.15, 0.2) is 18.2 Å². The third-order valence-corrected chi connectivity index (χ3v) is 3.75. The summed E-state index contributed by atoms with van der Waals surface area (Å²) in [5.41, 5.74) is 1.30. The molecule has 112 valence electrons. The van der Waals surface area contributed by atoms with Crippen LogP contribution in [0.1, 0.15) is 25.3 Å². The van der Waals surface area contributed by atoms with Crippen LogP contribution in [0, 0.1) is 11.3 Å². The van der Waals surface area contributed by atoms with Crippen LogP contribution in [-0.2, 0) is 4.74 Å². The van der Waals surface area contributed by atoms with E-state index in [1.54, 1.807) is 25.1 Å². The second-order valence-electron chi connectivity index (χ2n) is 4.90. The Morgan fingerprint density at radius 3 is 3.14 bits per heavy atom. The number of benzene rings is 1. The monoisotopic (exact) mass is 307 g/mol. The number of nitrogens with zero attached hydrogens (tertiary/aromatic N) is 2. The minimum Gasteiger partial charge on any atom is -0.450 e.